The molecule has 0 amide bonds. The first-order chi connectivity index (χ1) is 12.0. The second kappa shape index (κ2) is 7.64. The number of hydrogen-bond acceptors (Lipinski definition) is 4. The molecule has 0 fully saturated rings. The highest BCUT2D eigenvalue weighted by molar-refractivity contribution is 7.89. The first-order valence-corrected chi connectivity index (χ1v) is 9.97. The van der Waals surface area contributed by atoms with Gasteiger partial charge in [0.1, 0.15) is 17.6 Å². The summed E-state index contributed by atoms with van der Waals surface area (Å²) >= 11 is 6.10. The summed E-state index contributed by atoms with van der Waals surface area (Å²) in [6, 6.07) is 13.8. The molecule has 0 bridgehead atoms. The lowest BCUT2D eigenvalue weighted by Crippen LogP contribution is -2.44. The van der Waals surface area contributed by atoms with Crippen LogP contribution in [0.4, 0.5) is 0 Å². The molecule has 7 heteroatoms. The molecule has 1 heterocycles. The van der Waals surface area contributed by atoms with E-state index in [0.29, 0.717) is 31.1 Å². The Morgan fingerprint density at radius 2 is 1.80 bits per heavy atom. The summed E-state index contributed by atoms with van der Waals surface area (Å²) in [7, 11) is -3.70. The van der Waals surface area contributed by atoms with Crippen molar-refractivity contribution in [1.82, 2.24) is 4.31 Å². The minimum Gasteiger partial charge on any atom is -0.486 e. The molecule has 1 aliphatic heterocycles. The third-order valence-electron chi connectivity index (χ3n) is 3.90. The molecule has 0 radical (unpaired) electrons. The van der Waals surface area contributed by atoms with Gasteiger partial charge in [0.25, 0.3) is 0 Å². The van der Waals surface area contributed by atoms with Gasteiger partial charge in [0.2, 0.25) is 10.0 Å². The first kappa shape index (κ1) is 18.0. The molecule has 0 saturated carbocycles. The lowest BCUT2D eigenvalue weighted by Gasteiger charge is -2.31. The van der Waals surface area contributed by atoms with E-state index < -0.39 is 10.0 Å². The van der Waals surface area contributed by atoms with Crippen LogP contribution < -0.4 is 9.47 Å². The van der Waals surface area contributed by atoms with Gasteiger partial charge >= 0.3 is 0 Å². The zero-order valence-electron chi connectivity index (χ0n) is 13.9. The van der Waals surface area contributed by atoms with E-state index in [4.69, 9.17) is 21.1 Å². The summed E-state index contributed by atoms with van der Waals surface area (Å²) in [5.74, 6) is 1.31. The van der Waals surface area contributed by atoms with Crippen LogP contribution in [0.2, 0.25) is 5.02 Å². The van der Waals surface area contributed by atoms with Crippen molar-refractivity contribution in [3.8, 4) is 11.5 Å². The maximum atomic E-state index is 13.0. The molecule has 1 aliphatic rings. The fourth-order valence-corrected chi connectivity index (χ4v) is 4.79. The number of nitrogens with zero attached hydrogens (tertiary/aromatic N) is 1. The summed E-state index contributed by atoms with van der Waals surface area (Å²) in [6.45, 7) is 2.82. The molecular formula is C18H20ClNO4S. The SMILES string of the molecule is CCCN(CC1COc2ccccc2O1)S(=O)(=O)c1ccccc1Cl. The van der Waals surface area contributed by atoms with Crippen molar-refractivity contribution in [1.29, 1.82) is 0 Å². The monoisotopic (exact) mass is 381 g/mol. The maximum Gasteiger partial charge on any atom is 0.244 e. The van der Waals surface area contributed by atoms with Crippen LogP contribution in [0.3, 0.4) is 0 Å². The number of benzene rings is 2. The van der Waals surface area contributed by atoms with E-state index in [1.165, 1.54) is 10.4 Å². The zero-order chi connectivity index (χ0) is 17.9. The van der Waals surface area contributed by atoms with E-state index in [9.17, 15) is 8.42 Å². The quantitative estimate of drug-likeness (QED) is 0.767. The minimum atomic E-state index is -3.70. The Kier molecular flexibility index (Phi) is 5.51. The van der Waals surface area contributed by atoms with Gasteiger partial charge in [0.05, 0.1) is 11.6 Å². The highest BCUT2D eigenvalue weighted by Gasteiger charge is 2.31. The van der Waals surface area contributed by atoms with Crippen molar-refractivity contribution in [2.75, 3.05) is 19.7 Å². The predicted octanol–water partition coefficient (Wildman–Crippen LogP) is 3.58. The average Bonchev–Trinajstić information content (AvgIpc) is 2.61. The molecule has 134 valence electrons. The fourth-order valence-electron chi connectivity index (χ4n) is 2.73. The minimum absolute atomic E-state index is 0.113. The predicted molar refractivity (Wildman–Crippen MR) is 96.9 cm³/mol. The third kappa shape index (κ3) is 3.92. The van der Waals surface area contributed by atoms with Gasteiger partial charge in [-0.05, 0) is 30.7 Å². The van der Waals surface area contributed by atoms with Crippen molar-refractivity contribution in [3.63, 3.8) is 0 Å². The highest BCUT2D eigenvalue weighted by Crippen LogP contribution is 2.32. The Morgan fingerprint density at radius 3 is 2.52 bits per heavy atom. The molecule has 0 saturated heterocycles. The average molecular weight is 382 g/mol. The number of halogens is 1. The van der Waals surface area contributed by atoms with Gasteiger partial charge in [-0.15, -0.1) is 0 Å². The van der Waals surface area contributed by atoms with E-state index in [0.717, 1.165) is 0 Å². The van der Waals surface area contributed by atoms with Crippen molar-refractivity contribution >= 4 is 21.6 Å². The van der Waals surface area contributed by atoms with Crippen LogP contribution in [-0.4, -0.2) is 38.5 Å². The van der Waals surface area contributed by atoms with E-state index in [1.54, 1.807) is 18.2 Å². The molecular weight excluding hydrogens is 362 g/mol. The largest absolute Gasteiger partial charge is 0.486 e. The van der Waals surface area contributed by atoms with Gasteiger partial charge < -0.3 is 9.47 Å². The van der Waals surface area contributed by atoms with Gasteiger partial charge in [-0.3, -0.25) is 0 Å². The molecule has 0 spiro atoms. The third-order valence-corrected chi connectivity index (χ3v) is 6.27. The van der Waals surface area contributed by atoms with Crippen molar-refractivity contribution in [2.45, 2.75) is 24.3 Å². The van der Waals surface area contributed by atoms with Crippen LogP contribution in [0.25, 0.3) is 0 Å². The summed E-state index contributed by atoms with van der Waals surface area (Å²) in [4.78, 5) is 0.113. The zero-order valence-corrected chi connectivity index (χ0v) is 15.5. The van der Waals surface area contributed by atoms with E-state index in [1.807, 2.05) is 31.2 Å². The van der Waals surface area contributed by atoms with E-state index in [-0.39, 0.29) is 22.6 Å². The van der Waals surface area contributed by atoms with Gasteiger partial charge in [0, 0.05) is 6.54 Å². The summed E-state index contributed by atoms with van der Waals surface area (Å²) in [5, 5.41) is 0.217. The topological polar surface area (TPSA) is 55.8 Å². The van der Waals surface area contributed by atoms with Crippen LogP contribution in [0, 0.1) is 0 Å². The Labute approximate surface area is 153 Å². The molecule has 25 heavy (non-hydrogen) atoms. The standard InChI is InChI=1S/C18H20ClNO4S/c1-2-11-20(25(21,22)18-10-6-3-7-15(18)19)12-14-13-23-16-8-4-5-9-17(16)24-14/h3-10,14H,2,11-13H2,1H3. The maximum absolute atomic E-state index is 13.0. The second-order valence-corrected chi connectivity index (χ2v) is 8.10. The van der Waals surface area contributed by atoms with Crippen LogP contribution in [-0.2, 0) is 10.0 Å². The number of fused-ring (bicyclic) bond motifs is 1. The first-order valence-electron chi connectivity index (χ1n) is 8.15. The smallest absolute Gasteiger partial charge is 0.244 e. The molecule has 0 aromatic heterocycles. The van der Waals surface area contributed by atoms with Crippen LogP contribution in [0.1, 0.15) is 13.3 Å². The number of para-hydroxylation sites is 2. The van der Waals surface area contributed by atoms with Gasteiger partial charge in [0.15, 0.2) is 11.5 Å². The summed E-state index contributed by atoms with van der Waals surface area (Å²) in [5.41, 5.74) is 0. The molecule has 3 rings (SSSR count). The van der Waals surface area contributed by atoms with Crippen LogP contribution in [0.5, 0.6) is 11.5 Å². The molecule has 2 aromatic carbocycles. The normalized spacial score (nSPS) is 16.8. The number of sulfonamides is 1. The van der Waals surface area contributed by atoms with E-state index in [2.05, 4.69) is 0 Å². The molecule has 5 nitrogen and oxygen atoms in total. The lowest BCUT2D eigenvalue weighted by molar-refractivity contribution is 0.0764. The lowest BCUT2D eigenvalue weighted by atomic mass is 10.2. The summed E-state index contributed by atoms with van der Waals surface area (Å²) in [6.07, 6.45) is 0.312. The van der Waals surface area contributed by atoms with Crippen LogP contribution >= 0.6 is 11.6 Å². The van der Waals surface area contributed by atoms with Crippen molar-refractivity contribution in [2.24, 2.45) is 0 Å². The number of ether oxygens (including phenoxy) is 2. The Bertz CT molecular complexity index is 840. The Morgan fingerprint density at radius 1 is 1.12 bits per heavy atom. The highest BCUT2D eigenvalue weighted by atomic mass is 35.5. The molecule has 0 aliphatic carbocycles. The molecule has 2 aromatic rings. The number of rotatable bonds is 6. The Hall–Kier alpha value is -1.76. The van der Waals surface area contributed by atoms with Gasteiger partial charge in [-0.1, -0.05) is 42.8 Å². The molecule has 1 atom stereocenters. The fraction of sp³-hybridized carbons (Fsp3) is 0.333. The molecule has 1 unspecified atom stereocenters. The summed E-state index contributed by atoms with van der Waals surface area (Å²) < 4.78 is 39.0. The van der Waals surface area contributed by atoms with Gasteiger partial charge in [-0.25, -0.2) is 8.42 Å². The van der Waals surface area contributed by atoms with E-state index >= 15 is 0 Å². The van der Waals surface area contributed by atoms with Crippen molar-refractivity contribution in [3.05, 3.63) is 53.6 Å². The molecule has 0 N–H and O–H groups in total. The number of hydrogen-bond donors (Lipinski definition) is 0. The Balaban J connectivity index is 1.82. The van der Waals surface area contributed by atoms with Gasteiger partial charge in [-0.2, -0.15) is 4.31 Å². The second-order valence-electron chi connectivity index (χ2n) is 5.79. The van der Waals surface area contributed by atoms with Crippen LogP contribution in [0.15, 0.2) is 53.4 Å². The van der Waals surface area contributed by atoms with Crippen molar-refractivity contribution < 1.29 is 17.9 Å².